The van der Waals surface area contributed by atoms with Gasteiger partial charge in [0, 0.05) is 17.0 Å². The number of fused-ring (bicyclic) bond motifs is 1. The average molecular weight is 304 g/mol. The van der Waals surface area contributed by atoms with Crippen molar-refractivity contribution in [3.63, 3.8) is 0 Å². The SMILES string of the molecule is O=C(O)NC1CCOc2ccc(-c3cccc(Cl)c3)cc21. The van der Waals surface area contributed by atoms with Crippen LogP contribution < -0.4 is 10.1 Å². The molecule has 3 rings (SSSR count). The molecule has 1 aliphatic rings. The van der Waals surface area contributed by atoms with Crippen LogP contribution in [0.15, 0.2) is 42.5 Å². The molecule has 0 aromatic heterocycles. The fourth-order valence-corrected chi connectivity index (χ4v) is 2.73. The molecule has 1 amide bonds. The Labute approximate surface area is 127 Å². The number of hydrogen-bond acceptors (Lipinski definition) is 2. The Morgan fingerprint density at radius 2 is 2.05 bits per heavy atom. The van der Waals surface area contributed by atoms with E-state index in [0.29, 0.717) is 18.1 Å². The zero-order valence-corrected chi connectivity index (χ0v) is 11.9. The van der Waals surface area contributed by atoms with Gasteiger partial charge in [0.2, 0.25) is 0 Å². The van der Waals surface area contributed by atoms with Gasteiger partial charge in [0.05, 0.1) is 12.6 Å². The molecule has 0 radical (unpaired) electrons. The van der Waals surface area contributed by atoms with Crippen molar-refractivity contribution in [1.82, 2.24) is 5.32 Å². The van der Waals surface area contributed by atoms with Gasteiger partial charge in [-0.3, -0.25) is 0 Å². The topological polar surface area (TPSA) is 58.6 Å². The second-order valence-corrected chi connectivity index (χ2v) is 5.34. The van der Waals surface area contributed by atoms with Crippen LogP contribution in [0.2, 0.25) is 5.02 Å². The normalized spacial score (nSPS) is 16.7. The number of ether oxygens (including phenoxy) is 1. The molecule has 5 heteroatoms. The lowest BCUT2D eigenvalue weighted by molar-refractivity contribution is 0.182. The summed E-state index contributed by atoms with van der Waals surface area (Å²) in [5.74, 6) is 0.728. The van der Waals surface area contributed by atoms with E-state index >= 15 is 0 Å². The molecule has 4 nitrogen and oxygen atoms in total. The Hall–Kier alpha value is -2.20. The van der Waals surface area contributed by atoms with Gasteiger partial charge in [-0.2, -0.15) is 0 Å². The second kappa shape index (κ2) is 5.66. The molecule has 2 N–H and O–H groups in total. The van der Waals surface area contributed by atoms with Crippen molar-refractivity contribution in [2.75, 3.05) is 6.61 Å². The van der Waals surface area contributed by atoms with Crippen LogP contribution in [0.3, 0.4) is 0 Å². The van der Waals surface area contributed by atoms with Crippen molar-refractivity contribution in [2.24, 2.45) is 0 Å². The highest BCUT2D eigenvalue weighted by Gasteiger charge is 2.23. The zero-order valence-electron chi connectivity index (χ0n) is 11.2. The number of benzene rings is 2. The van der Waals surface area contributed by atoms with Crippen molar-refractivity contribution in [1.29, 1.82) is 0 Å². The Bertz CT molecular complexity index is 687. The summed E-state index contributed by atoms with van der Waals surface area (Å²) in [5, 5.41) is 12.2. The molecule has 1 aliphatic heterocycles. The maximum atomic E-state index is 10.9. The van der Waals surface area contributed by atoms with Crippen molar-refractivity contribution in [2.45, 2.75) is 12.5 Å². The van der Waals surface area contributed by atoms with E-state index in [4.69, 9.17) is 21.4 Å². The van der Waals surface area contributed by atoms with E-state index in [9.17, 15) is 4.79 Å². The summed E-state index contributed by atoms with van der Waals surface area (Å²) in [7, 11) is 0. The number of halogens is 1. The summed E-state index contributed by atoms with van der Waals surface area (Å²) in [4.78, 5) is 10.9. The van der Waals surface area contributed by atoms with Crippen molar-refractivity contribution >= 4 is 17.7 Å². The van der Waals surface area contributed by atoms with Crippen LogP contribution in [0.4, 0.5) is 4.79 Å². The maximum Gasteiger partial charge on any atom is 0.405 e. The number of carboxylic acid groups (broad SMARTS) is 1. The highest BCUT2D eigenvalue weighted by molar-refractivity contribution is 6.30. The molecule has 0 aliphatic carbocycles. The predicted molar refractivity (Wildman–Crippen MR) is 80.9 cm³/mol. The first kappa shape index (κ1) is 13.8. The molecule has 1 atom stereocenters. The minimum atomic E-state index is -1.03. The zero-order chi connectivity index (χ0) is 14.8. The van der Waals surface area contributed by atoms with E-state index in [0.717, 1.165) is 22.4 Å². The van der Waals surface area contributed by atoms with Crippen molar-refractivity contribution < 1.29 is 14.6 Å². The van der Waals surface area contributed by atoms with E-state index < -0.39 is 6.09 Å². The van der Waals surface area contributed by atoms with Crippen LogP contribution in [-0.2, 0) is 0 Å². The van der Waals surface area contributed by atoms with Gasteiger partial charge in [-0.25, -0.2) is 4.79 Å². The summed E-state index contributed by atoms with van der Waals surface area (Å²) in [6.45, 7) is 0.508. The van der Waals surface area contributed by atoms with Crippen LogP contribution in [0.1, 0.15) is 18.0 Å². The number of amides is 1. The van der Waals surface area contributed by atoms with E-state index in [1.807, 2.05) is 42.5 Å². The minimum absolute atomic E-state index is 0.245. The molecule has 108 valence electrons. The van der Waals surface area contributed by atoms with Crippen LogP contribution >= 0.6 is 11.6 Å². The number of nitrogens with one attached hydrogen (secondary N) is 1. The standard InChI is InChI=1S/C16H14ClNO3/c17-12-3-1-2-10(8-12)11-4-5-15-13(9-11)14(6-7-21-15)18-16(19)20/h1-5,8-9,14,18H,6-7H2,(H,19,20). The molecule has 1 unspecified atom stereocenters. The first-order valence-corrected chi connectivity index (χ1v) is 7.03. The fourth-order valence-electron chi connectivity index (χ4n) is 2.54. The molecule has 0 saturated heterocycles. The van der Waals surface area contributed by atoms with Crippen LogP contribution in [-0.4, -0.2) is 17.8 Å². The minimum Gasteiger partial charge on any atom is -0.493 e. The van der Waals surface area contributed by atoms with Crippen molar-refractivity contribution in [3.05, 3.63) is 53.1 Å². The van der Waals surface area contributed by atoms with Gasteiger partial charge in [0.25, 0.3) is 0 Å². The summed E-state index contributed by atoms with van der Waals surface area (Å²) in [6, 6.07) is 13.1. The lowest BCUT2D eigenvalue weighted by Crippen LogP contribution is -2.30. The third kappa shape index (κ3) is 2.95. The molecule has 2 aromatic rings. The van der Waals surface area contributed by atoms with Crippen molar-refractivity contribution in [3.8, 4) is 16.9 Å². The molecule has 0 fully saturated rings. The Morgan fingerprint density at radius 1 is 1.24 bits per heavy atom. The summed E-state index contributed by atoms with van der Waals surface area (Å²) in [5.41, 5.74) is 2.84. The van der Waals surface area contributed by atoms with Gasteiger partial charge in [0.1, 0.15) is 5.75 Å². The second-order valence-electron chi connectivity index (χ2n) is 4.90. The third-order valence-electron chi connectivity index (χ3n) is 3.50. The monoisotopic (exact) mass is 303 g/mol. The summed E-state index contributed by atoms with van der Waals surface area (Å²) < 4.78 is 5.59. The highest BCUT2D eigenvalue weighted by Crippen LogP contribution is 2.35. The van der Waals surface area contributed by atoms with E-state index in [1.165, 1.54) is 0 Å². The molecule has 0 bridgehead atoms. The van der Waals surface area contributed by atoms with Crippen LogP contribution in [0, 0.1) is 0 Å². The lowest BCUT2D eigenvalue weighted by Gasteiger charge is -2.26. The fraction of sp³-hybridized carbons (Fsp3) is 0.188. The molecule has 0 spiro atoms. The van der Waals surface area contributed by atoms with Crippen LogP contribution in [0.25, 0.3) is 11.1 Å². The smallest absolute Gasteiger partial charge is 0.405 e. The van der Waals surface area contributed by atoms with Gasteiger partial charge in [0.15, 0.2) is 0 Å². The number of rotatable bonds is 2. The maximum absolute atomic E-state index is 10.9. The van der Waals surface area contributed by atoms with E-state index in [-0.39, 0.29) is 6.04 Å². The predicted octanol–water partition coefficient (Wildman–Crippen LogP) is 4.10. The Morgan fingerprint density at radius 3 is 2.81 bits per heavy atom. The van der Waals surface area contributed by atoms with Crippen LogP contribution in [0.5, 0.6) is 5.75 Å². The van der Waals surface area contributed by atoms with Gasteiger partial charge >= 0.3 is 6.09 Å². The van der Waals surface area contributed by atoms with E-state index in [2.05, 4.69) is 5.32 Å². The van der Waals surface area contributed by atoms with Gasteiger partial charge in [-0.15, -0.1) is 0 Å². The quantitative estimate of drug-likeness (QED) is 0.878. The highest BCUT2D eigenvalue weighted by atomic mass is 35.5. The number of hydrogen-bond donors (Lipinski definition) is 2. The molecular formula is C16H14ClNO3. The molecule has 1 heterocycles. The van der Waals surface area contributed by atoms with Gasteiger partial charge < -0.3 is 15.2 Å². The van der Waals surface area contributed by atoms with E-state index in [1.54, 1.807) is 0 Å². The Balaban J connectivity index is 2.00. The molecular weight excluding hydrogens is 290 g/mol. The Kier molecular flexibility index (Phi) is 3.71. The third-order valence-corrected chi connectivity index (χ3v) is 3.74. The first-order chi connectivity index (χ1) is 10.1. The average Bonchev–Trinajstić information content (AvgIpc) is 2.47. The molecule has 2 aromatic carbocycles. The molecule has 21 heavy (non-hydrogen) atoms. The largest absolute Gasteiger partial charge is 0.493 e. The summed E-state index contributed by atoms with van der Waals surface area (Å²) in [6.07, 6.45) is -0.404. The van der Waals surface area contributed by atoms with Gasteiger partial charge in [-0.05, 0) is 35.4 Å². The first-order valence-electron chi connectivity index (χ1n) is 6.65. The molecule has 0 saturated carbocycles. The van der Waals surface area contributed by atoms with Gasteiger partial charge in [-0.1, -0.05) is 29.8 Å². The summed E-state index contributed by atoms with van der Waals surface area (Å²) >= 11 is 6.02. The number of carbonyl (C=O) groups is 1. The lowest BCUT2D eigenvalue weighted by atomic mass is 9.95.